The number of benzene rings is 1. The van der Waals surface area contributed by atoms with Crippen molar-refractivity contribution in [3.63, 3.8) is 0 Å². The van der Waals surface area contributed by atoms with E-state index in [2.05, 4.69) is 6.07 Å². The van der Waals surface area contributed by atoms with Crippen molar-refractivity contribution >= 4 is 17.7 Å². The third-order valence-electron chi connectivity index (χ3n) is 2.17. The van der Waals surface area contributed by atoms with Gasteiger partial charge in [-0.15, -0.1) is 11.8 Å². The first kappa shape index (κ1) is 12.6. The Labute approximate surface area is 99.1 Å². The van der Waals surface area contributed by atoms with Crippen LogP contribution in [0.1, 0.15) is 24.5 Å². The summed E-state index contributed by atoms with van der Waals surface area (Å²) in [5.74, 6) is -0.835. The molecule has 0 saturated carbocycles. The third-order valence-corrected chi connectivity index (χ3v) is 3.58. The molecule has 3 nitrogen and oxygen atoms in total. The van der Waals surface area contributed by atoms with E-state index in [1.54, 1.807) is 6.07 Å². The summed E-state index contributed by atoms with van der Waals surface area (Å²) < 4.78 is 0. The van der Waals surface area contributed by atoms with Gasteiger partial charge in [-0.3, -0.25) is 4.79 Å². The van der Waals surface area contributed by atoms with Gasteiger partial charge in [-0.2, -0.15) is 5.26 Å². The van der Waals surface area contributed by atoms with Crippen LogP contribution in [0.25, 0.3) is 0 Å². The number of carboxylic acid groups (broad SMARTS) is 1. The molecule has 1 aromatic carbocycles. The van der Waals surface area contributed by atoms with E-state index in [4.69, 9.17) is 10.4 Å². The summed E-state index contributed by atoms with van der Waals surface area (Å²) in [6, 6.07) is 7.51. The molecular formula is C12H13NO2S. The van der Waals surface area contributed by atoms with E-state index in [0.29, 0.717) is 12.0 Å². The van der Waals surface area contributed by atoms with E-state index >= 15 is 0 Å². The number of nitriles is 1. The molecule has 0 fully saturated rings. The lowest BCUT2D eigenvalue weighted by Crippen LogP contribution is -2.14. The van der Waals surface area contributed by atoms with Crippen LogP contribution in [0, 0.1) is 18.3 Å². The van der Waals surface area contributed by atoms with Crippen LogP contribution in [-0.4, -0.2) is 16.3 Å². The lowest BCUT2D eigenvalue weighted by atomic mass is 10.2. The van der Waals surface area contributed by atoms with Gasteiger partial charge >= 0.3 is 5.97 Å². The number of aryl methyl sites for hydroxylation is 1. The number of rotatable bonds is 4. The molecule has 0 radical (unpaired) electrons. The Balaban J connectivity index is 2.99. The number of nitrogens with zero attached hydrogens (tertiary/aromatic N) is 1. The van der Waals surface area contributed by atoms with Gasteiger partial charge in [0.2, 0.25) is 0 Å². The van der Waals surface area contributed by atoms with Gasteiger partial charge in [0.25, 0.3) is 0 Å². The Kier molecular flexibility index (Phi) is 4.39. The SMILES string of the molecule is CCC(Sc1cc(C)ccc1C#N)C(=O)O. The maximum atomic E-state index is 10.9. The molecule has 1 rings (SSSR count). The van der Waals surface area contributed by atoms with Gasteiger partial charge in [-0.1, -0.05) is 13.0 Å². The zero-order valence-electron chi connectivity index (χ0n) is 9.23. The van der Waals surface area contributed by atoms with Crippen LogP contribution in [0.4, 0.5) is 0 Å². The lowest BCUT2D eigenvalue weighted by Gasteiger charge is -2.10. The van der Waals surface area contributed by atoms with Crippen molar-refractivity contribution in [2.24, 2.45) is 0 Å². The van der Waals surface area contributed by atoms with E-state index < -0.39 is 11.2 Å². The van der Waals surface area contributed by atoms with E-state index in [0.717, 1.165) is 10.5 Å². The zero-order chi connectivity index (χ0) is 12.1. The minimum absolute atomic E-state index is 0.492. The largest absolute Gasteiger partial charge is 0.480 e. The Morgan fingerprint density at radius 3 is 2.81 bits per heavy atom. The molecule has 1 unspecified atom stereocenters. The van der Waals surface area contributed by atoms with Crippen LogP contribution in [0.15, 0.2) is 23.1 Å². The van der Waals surface area contributed by atoms with E-state index in [9.17, 15) is 4.79 Å². The molecule has 1 atom stereocenters. The highest BCUT2D eigenvalue weighted by Gasteiger charge is 2.18. The summed E-state index contributed by atoms with van der Waals surface area (Å²) in [5, 5.41) is 17.4. The molecule has 84 valence electrons. The highest BCUT2D eigenvalue weighted by Crippen LogP contribution is 2.29. The highest BCUT2D eigenvalue weighted by molar-refractivity contribution is 8.00. The van der Waals surface area contributed by atoms with Gasteiger partial charge in [-0.25, -0.2) is 0 Å². The number of carboxylic acids is 1. The first-order valence-corrected chi connectivity index (χ1v) is 5.86. The molecule has 0 saturated heterocycles. The number of hydrogen-bond acceptors (Lipinski definition) is 3. The summed E-state index contributed by atoms with van der Waals surface area (Å²) in [4.78, 5) is 11.7. The molecule has 0 amide bonds. The third kappa shape index (κ3) is 3.01. The van der Waals surface area contributed by atoms with Crippen molar-refractivity contribution in [1.82, 2.24) is 0 Å². The maximum absolute atomic E-state index is 10.9. The molecule has 0 aliphatic carbocycles. The number of hydrogen-bond donors (Lipinski definition) is 1. The molecule has 1 aromatic rings. The smallest absolute Gasteiger partial charge is 0.316 e. The Morgan fingerprint density at radius 1 is 1.62 bits per heavy atom. The monoisotopic (exact) mass is 235 g/mol. The van der Waals surface area contributed by atoms with Crippen LogP contribution in [0.5, 0.6) is 0 Å². The second-order valence-electron chi connectivity index (χ2n) is 3.46. The van der Waals surface area contributed by atoms with Gasteiger partial charge in [0.15, 0.2) is 0 Å². The molecule has 0 bridgehead atoms. The fourth-order valence-electron chi connectivity index (χ4n) is 1.28. The van der Waals surface area contributed by atoms with Gasteiger partial charge in [0.1, 0.15) is 11.3 Å². The van der Waals surface area contributed by atoms with Crippen LogP contribution in [-0.2, 0) is 4.79 Å². The van der Waals surface area contributed by atoms with Crippen LogP contribution < -0.4 is 0 Å². The van der Waals surface area contributed by atoms with E-state index in [-0.39, 0.29) is 0 Å². The molecule has 1 N–H and O–H groups in total. The molecule has 4 heteroatoms. The summed E-state index contributed by atoms with van der Waals surface area (Å²) in [6.07, 6.45) is 0.540. The van der Waals surface area contributed by atoms with Gasteiger partial charge in [0, 0.05) is 4.90 Å². The average Bonchev–Trinajstić information content (AvgIpc) is 2.25. The van der Waals surface area contributed by atoms with Gasteiger partial charge < -0.3 is 5.11 Å². The van der Waals surface area contributed by atoms with Gasteiger partial charge in [-0.05, 0) is 31.0 Å². The van der Waals surface area contributed by atoms with Crippen molar-refractivity contribution < 1.29 is 9.90 Å². The molecule has 0 heterocycles. The second kappa shape index (κ2) is 5.57. The Bertz CT molecular complexity index is 437. The second-order valence-corrected chi connectivity index (χ2v) is 4.71. The standard InChI is InChI=1S/C12H13NO2S/c1-3-10(12(14)15)16-11-6-8(2)4-5-9(11)7-13/h4-6,10H,3H2,1-2H3,(H,14,15). The number of carbonyl (C=O) groups is 1. The minimum atomic E-state index is -0.835. The zero-order valence-corrected chi connectivity index (χ0v) is 10.0. The molecule has 0 aliphatic heterocycles. The fourth-order valence-corrected chi connectivity index (χ4v) is 2.35. The van der Waals surface area contributed by atoms with E-state index in [1.165, 1.54) is 11.8 Å². The first-order chi connectivity index (χ1) is 7.58. The van der Waals surface area contributed by atoms with Crippen LogP contribution in [0.3, 0.4) is 0 Å². The van der Waals surface area contributed by atoms with Crippen molar-refractivity contribution in [2.75, 3.05) is 0 Å². The van der Waals surface area contributed by atoms with Gasteiger partial charge in [0.05, 0.1) is 5.56 Å². The molecule has 0 spiro atoms. The molecule has 0 aromatic heterocycles. The Hall–Kier alpha value is -1.47. The van der Waals surface area contributed by atoms with Crippen molar-refractivity contribution in [3.8, 4) is 6.07 Å². The first-order valence-electron chi connectivity index (χ1n) is 4.98. The minimum Gasteiger partial charge on any atom is -0.480 e. The van der Waals surface area contributed by atoms with Crippen molar-refractivity contribution in [1.29, 1.82) is 5.26 Å². The molecule has 0 aliphatic rings. The summed E-state index contributed by atoms with van der Waals surface area (Å²) >= 11 is 1.24. The quantitative estimate of drug-likeness (QED) is 0.815. The predicted molar refractivity (Wildman–Crippen MR) is 63.5 cm³/mol. The molecular weight excluding hydrogens is 222 g/mol. The summed E-state index contributed by atoms with van der Waals surface area (Å²) in [7, 11) is 0. The summed E-state index contributed by atoms with van der Waals surface area (Å²) in [5.41, 5.74) is 1.57. The molecule has 16 heavy (non-hydrogen) atoms. The van der Waals surface area contributed by atoms with Crippen molar-refractivity contribution in [2.45, 2.75) is 30.4 Å². The topological polar surface area (TPSA) is 61.1 Å². The summed E-state index contributed by atoms with van der Waals surface area (Å²) in [6.45, 7) is 3.75. The predicted octanol–water partition coefficient (Wildman–Crippen LogP) is 2.82. The van der Waals surface area contributed by atoms with E-state index in [1.807, 2.05) is 26.0 Å². The number of thioether (sulfide) groups is 1. The fraction of sp³-hybridized carbons (Fsp3) is 0.333. The Morgan fingerprint density at radius 2 is 2.31 bits per heavy atom. The van der Waals surface area contributed by atoms with Crippen LogP contribution in [0.2, 0.25) is 0 Å². The van der Waals surface area contributed by atoms with Crippen LogP contribution >= 0.6 is 11.8 Å². The highest BCUT2D eigenvalue weighted by atomic mass is 32.2. The van der Waals surface area contributed by atoms with Crippen molar-refractivity contribution in [3.05, 3.63) is 29.3 Å². The normalized spacial score (nSPS) is 11.8. The lowest BCUT2D eigenvalue weighted by molar-refractivity contribution is -0.136. The maximum Gasteiger partial charge on any atom is 0.316 e. The average molecular weight is 235 g/mol. The number of aliphatic carboxylic acids is 1.